The molecule has 1 aliphatic carbocycles. The van der Waals surface area contributed by atoms with Crippen LogP contribution in [-0.2, 0) is 19.3 Å². The zero-order valence-corrected chi connectivity index (χ0v) is 13.7. The zero-order valence-electron chi connectivity index (χ0n) is 12.1. The summed E-state index contributed by atoms with van der Waals surface area (Å²) in [5.74, 6) is 1.83. The Morgan fingerprint density at radius 1 is 1.24 bits per heavy atom. The molecule has 0 aliphatic heterocycles. The first-order valence-electron chi connectivity index (χ1n) is 7.14. The summed E-state index contributed by atoms with van der Waals surface area (Å²) in [5, 5.41) is 7.68. The number of fused-ring (bicyclic) bond motifs is 3. The Hall–Kier alpha value is -1.53. The largest absolute Gasteiger partial charge is 0.372 e. The number of hydrogen-bond donors (Lipinski definition) is 1. The van der Waals surface area contributed by atoms with E-state index in [1.54, 1.807) is 11.3 Å². The number of hydrogen-bond acceptors (Lipinski definition) is 6. The van der Waals surface area contributed by atoms with Crippen molar-refractivity contribution in [1.82, 2.24) is 15.0 Å². The number of aromatic nitrogens is 3. The van der Waals surface area contributed by atoms with Gasteiger partial charge in [0.1, 0.15) is 16.5 Å². The lowest BCUT2D eigenvalue weighted by atomic mass is 10.2. The number of nitrogens with zero attached hydrogens (tertiary/aromatic N) is 3. The van der Waals surface area contributed by atoms with Crippen LogP contribution >= 0.6 is 22.7 Å². The maximum atomic E-state index is 4.78. The first-order chi connectivity index (χ1) is 10.2. The van der Waals surface area contributed by atoms with Crippen LogP contribution in [0.4, 0.5) is 5.82 Å². The molecule has 3 heterocycles. The number of anilines is 1. The molecule has 0 unspecified atom stereocenters. The summed E-state index contributed by atoms with van der Waals surface area (Å²) in [6, 6.07) is 0. The van der Waals surface area contributed by atoms with Gasteiger partial charge in [0.05, 0.1) is 22.5 Å². The number of nitrogens with one attached hydrogen (secondary N) is 1. The Bertz CT molecular complexity index is 819. The van der Waals surface area contributed by atoms with Crippen LogP contribution in [0.2, 0.25) is 0 Å². The minimum absolute atomic E-state index is 0.706. The zero-order chi connectivity index (χ0) is 14.4. The Labute approximate surface area is 131 Å². The molecular weight excluding hydrogens is 300 g/mol. The fourth-order valence-corrected chi connectivity index (χ4v) is 4.84. The summed E-state index contributed by atoms with van der Waals surface area (Å²) >= 11 is 3.51. The molecule has 3 aromatic heterocycles. The summed E-state index contributed by atoms with van der Waals surface area (Å²) in [6.07, 6.45) is 4.33. The van der Waals surface area contributed by atoms with Crippen molar-refractivity contribution in [2.24, 2.45) is 0 Å². The molecule has 6 heteroatoms. The molecule has 21 heavy (non-hydrogen) atoms. The van der Waals surface area contributed by atoms with E-state index in [2.05, 4.69) is 15.7 Å². The molecule has 0 fully saturated rings. The van der Waals surface area contributed by atoms with Crippen molar-refractivity contribution in [2.45, 2.75) is 32.6 Å². The van der Waals surface area contributed by atoms with Crippen molar-refractivity contribution < 1.29 is 0 Å². The van der Waals surface area contributed by atoms with Gasteiger partial charge in [0.15, 0.2) is 0 Å². The molecule has 0 aromatic carbocycles. The predicted octanol–water partition coefficient (Wildman–Crippen LogP) is 3.58. The Kier molecular flexibility index (Phi) is 3.15. The molecule has 4 nitrogen and oxygen atoms in total. The molecule has 0 amide bonds. The topological polar surface area (TPSA) is 50.7 Å². The van der Waals surface area contributed by atoms with Crippen LogP contribution in [0.1, 0.15) is 33.4 Å². The van der Waals surface area contributed by atoms with Gasteiger partial charge in [-0.2, -0.15) is 0 Å². The second-order valence-electron chi connectivity index (χ2n) is 5.31. The summed E-state index contributed by atoms with van der Waals surface area (Å²) in [4.78, 5) is 16.6. The monoisotopic (exact) mass is 316 g/mol. The lowest BCUT2D eigenvalue weighted by molar-refractivity contribution is 0.915. The van der Waals surface area contributed by atoms with E-state index in [1.807, 2.05) is 25.3 Å². The van der Waals surface area contributed by atoms with Crippen molar-refractivity contribution >= 4 is 38.7 Å². The highest BCUT2D eigenvalue weighted by molar-refractivity contribution is 7.19. The van der Waals surface area contributed by atoms with Crippen LogP contribution in [0, 0.1) is 6.92 Å². The second kappa shape index (κ2) is 5.03. The predicted molar refractivity (Wildman–Crippen MR) is 88.6 cm³/mol. The molecule has 4 rings (SSSR count). The smallest absolute Gasteiger partial charge is 0.138 e. The van der Waals surface area contributed by atoms with E-state index in [4.69, 9.17) is 9.97 Å². The molecule has 0 atom stereocenters. The van der Waals surface area contributed by atoms with Gasteiger partial charge in [-0.05, 0) is 31.7 Å². The van der Waals surface area contributed by atoms with Crippen LogP contribution in [0.3, 0.4) is 0 Å². The first-order valence-corrected chi connectivity index (χ1v) is 8.84. The third-order valence-electron chi connectivity index (χ3n) is 3.85. The van der Waals surface area contributed by atoms with E-state index in [-0.39, 0.29) is 0 Å². The van der Waals surface area contributed by atoms with E-state index in [0.29, 0.717) is 6.42 Å². The van der Waals surface area contributed by atoms with Crippen molar-refractivity contribution in [3.63, 3.8) is 0 Å². The van der Waals surface area contributed by atoms with Crippen molar-refractivity contribution in [3.05, 3.63) is 32.3 Å². The Morgan fingerprint density at radius 3 is 2.90 bits per heavy atom. The summed E-state index contributed by atoms with van der Waals surface area (Å²) in [6.45, 7) is 2.03. The molecule has 108 valence electrons. The van der Waals surface area contributed by atoms with Gasteiger partial charge in [0.2, 0.25) is 0 Å². The quantitative estimate of drug-likeness (QED) is 0.802. The van der Waals surface area contributed by atoms with Crippen molar-refractivity contribution in [2.75, 3.05) is 12.4 Å². The van der Waals surface area contributed by atoms with Gasteiger partial charge in [0.25, 0.3) is 0 Å². The fourth-order valence-electron chi connectivity index (χ4n) is 2.95. The molecule has 3 aromatic rings. The minimum atomic E-state index is 0.706. The van der Waals surface area contributed by atoms with Crippen molar-refractivity contribution in [1.29, 1.82) is 0 Å². The maximum absolute atomic E-state index is 4.78. The van der Waals surface area contributed by atoms with Gasteiger partial charge in [-0.3, -0.25) is 0 Å². The molecule has 0 spiro atoms. The summed E-state index contributed by atoms with van der Waals surface area (Å²) in [5.41, 5.74) is 2.53. The van der Waals surface area contributed by atoms with E-state index < -0.39 is 0 Å². The minimum Gasteiger partial charge on any atom is -0.372 e. The number of aryl methyl sites for hydroxylation is 3. The SMILES string of the molecule is CNc1nc(Cc2csc(C)n2)nc2sc3c(c12)CCC3. The number of thiophene rings is 1. The average molecular weight is 316 g/mol. The van der Waals surface area contributed by atoms with Crippen molar-refractivity contribution in [3.8, 4) is 0 Å². The Balaban J connectivity index is 1.80. The van der Waals surface area contributed by atoms with Gasteiger partial charge in [-0.15, -0.1) is 22.7 Å². The molecule has 0 bridgehead atoms. The Morgan fingerprint density at radius 2 is 2.14 bits per heavy atom. The highest BCUT2D eigenvalue weighted by Crippen LogP contribution is 2.39. The van der Waals surface area contributed by atoms with E-state index in [0.717, 1.165) is 33.6 Å². The van der Waals surface area contributed by atoms with Gasteiger partial charge >= 0.3 is 0 Å². The van der Waals surface area contributed by atoms with E-state index in [1.165, 1.54) is 28.7 Å². The van der Waals surface area contributed by atoms with Gasteiger partial charge < -0.3 is 5.32 Å². The van der Waals surface area contributed by atoms with Gasteiger partial charge in [-0.25, -0.2) is 15.0 Å². The van der Waals surface area contributed by atoms with E-state index >= 15 is 0 Å². The summed E-state index contributed by atoms with van der Waals surface area (Å²) < 4.78 is 0. The average Bonchev–Trinajstić information content (AvgIpc) is 3.13. The second-order valence-corrected chi connectivity index (χ2v) is 7.46. The van der Waals surface area contributed by atoms with Crippen LogP contribution in [0.25, 0.3) is 10.2 Å². The molecular formula is C15H16N4S2. The number of thiazole rings is 1. The van der Waals surface area contributed by atoms with Gasteiger partial charge in [-0.1, -0.05) is 0 Å². The van der Waals surface area contributed by atoms with Crippen LogP contribution < -0.4 is 5.32 Å². The molecule has 0 saturated carbocycles. The molecule has 1 N–H and O–H groups in total. The molecule has 1 aliphatic rings. The fraction of sp³-hybridized carbons (Fsp3) is 0.400. The van der Waals surface area contributed by atoms with Crippen LogP contribution in [-0.4, -0.2) is 22.0 Å². The van der Waals surface area contributed by atoms with E-state index in [9.17, 15) is 0 Å². The third-order valence-corrected chi connectivity index (χ3v) is 5.86. The maximum Gasteiger partial charge on any atom is 0.138 e. The highest BCUT2D eigenvalue weighted by atomic mass is 32.1. The molecule has 0 radical (unpaired) electrons. The first kappa shape index (κ1) is 13.2. The van der Waals surface area contributed by atoms with Gasteiger partial charge in [0, 0.05) is 17.3 Å². The summed E-state index contributed by atoms with van der Waals surface area (Å²) in [7, 11) is 1.94. The van der Waals surface area contributed by atoms with Crippen LogP contribution in [0.15, 0.2) is 5.38 Å². The normalized spacial score (nSPS) is 13.8. The lowest BCUT2D eigenvalue weighted by Crippen LogP contribution is -2.02. The van der Waals surface area contributed by atoms with Crippen LogP contribution in [0.5, 0.6) is 0 Å². The third kappa shape index (κ3) is 2.22. The number of rotatable bonds is 3. The highest BCUT2D eigenvalue weighted by Gasteiger charge is 2.22. The molecule has 0 saturated heterocycles. The standard InChI is InChI=1S/C15H16N4S2/c1-8-17-9(7-20-8)6-12-18-14(16-2)13-10-4-3-5-11(10)21-15(13)19-12/h7H,3-6H2,1-2H3,(H,16,18,19). The lowest BCUT2D eigenvalue weighted by Gasteiger charge is -2.06.